The number of amides is 3. The number of ether oxygens (including phenoxy) is 5. The smallest absolute Gasteiger partial charge is 0.295 e. The van der Waals surface area contributed by atoms with Gasteiger partial charge in [0.25, 0.3) is 17.6 Å². The number of fused-ring (bicyclic) bond motifs is 1. The quantitative estimate of drug-likeness (QED) is 0.0324. The number of pyridine rings is 1. The fourth-order valence-electron chi connectivity index (χ4n) is 6.61. The molecular weight excluding hydrogens is 791 g/mol. The minimum atomic E-state index is -0.746. The maximum absolute atomic E-state index is 13.7. The van der Waals surface area contributed by atoms with Crippen LogP contribution in [-0.2, 0) is 28.5 Å². The van der Waals surface area contributed by atoms with Crippen LogP contribution in [0.3, 0.4) is 0 Å². The Balaban J connectivity index is 1.08. The van der Waals surface area contributed by atoms with Gasteiger partial charge in [0, 0.05) is 38.9 Å². The average Bonchev–Trinajstić information content (AvgIpc) is 3.97. The zero-order valence-corrected chi connectivity index (χ0v) is 34.5. The standard InChI is InChI=1S/C42H53N9O10/c1-3-58-18-19-60-22-23-61-21-20-59-17-13-35(53)44-14-7-10-31(27-52)48-41(55)39-47-28-51(49-39)40-37-36(34(57-2)26-46-40)33(25-45-37)38(54)42(56)50-15-11-30(12-16-50)32(24-43)29-8-5-4-6-9-29/h4-6,8-9,25-26,28,31,45,52H,3,7,10-23,27H2,1-2H3,(H,44,53)(H,48,55)/t31-/m0/s1. The number of Topliss-reactive ketones (excluding diaryl/α,β-unsaturated/α-hetero) is 1. The van der Waals surface area contributed by atoms with E-state index in [-0.39, 0.29) is 61.6 Å². The SMILES string of the molecule is CCOCCOCCOCCOCCC(=O)NCCC[C@@H](CO)NC(=O)c1ncn(-c2ncc(OC)c3c(C(=O)C(=O)N4CCC(=C(C#N)c5ccccc5)CC4)c[nH]c23)n1. The van der Waals surface area contributed by atoms with Crippen LogP contribution in [0.5, 0.6) is 5.75 Å². The summed E-state index contributed by atoms with van der Waals surface area (Å²) in [6, 6.07) is 11.0. The van der Waals surface area contributed by atoms with Crippen LogP contribution < -0.4 is 15.4 Å². The number of methoxy groups -OCH3 is 1. The van der Waals surface area contributed by atoms with Crippen molar-refractivity contribution in [2.45, 2.75) is 45.1 Å². The lowest BCUT2D eigenvalue weighted by Gasteiger charge is -2.28. The van der Waals surface area contributed by atoms with Crippen molar-refractivity contribution in [1.29, 1.82) is 5.26 Å². The topological polar surface area (TPSA) is 245 Å². The van der Waals surface area contributed by atoms with Crippen molar-refractivity contribution in [3.63, 3.8) is 0 Å². The highest BCUT2D eigenvalue weighted by atomic mass is 16.6. The normalized spacial score (nSPS) is 13.1. The zero-order chi connectivity index (χ0) is 43.4. The van der Waals surface area contributed by atoms with E-state index in [1.165, 1.54) is 35.4 Å². The number of nitrogens with zero attached hydrogens (tertiary/aromatic N) is 6. The summed E-state index contributed by atoms with van der Waals surface area (Å²) < 4.78 is 28.2. The van der Waals surface area contributed by atoms with Gasteiger partial charge in [-0.05, 0) is 43.7 Å². The number of hydrogen-bond acceptors (Lipinski definition) is 14. The van der Waals surface area contributed by atoms with Crippen LogP contribution >= 0.6 is 0 Å². The molecule has 3 aromatic heterocycles. The molecule has 5 rings (SSSR count). The van der Waals surface area contributed by atoms with E-state index in [1.54, 1.807) is 0 Å². The van der Waals surface area contributed by atoms with Gasteiger partial charge >= 0.3 is 0 Å². The Morgan fingerprint density at radius 3 is 2.31 bits per heavy atom. The molecular formula is C42H53N9O10. The summed E-state index contributed by atoms with van der Waals surface area (Å²) in [5.74, 6) is -2.02. The van der Waals surface area contributed by atoms with Gasteiger partial charge in [0.15, 0.2) is 5.82 Å². The lowest BCUT2D eigenvalue weighted by molar-refractivity contribution is -0.126. The molecule has 1 saturated heterocycles. The molecule has 4 N–H and O–H groups in total. The minimum absolute atomic E-state index is 0.0740. The molecule has 0 unspecified atom stereocenters. The molecule has 4 heterocycles. The number of carbonyl (C=O) groups excluding carboxylic acids is 4. The Labute approximate surface area is 353 Å². The molecule has 19 nitrogen and oxygen atoms in total. The average molecular weight is 844 g/mol. The fraction of sp³-hybridized carbons (Fsp3) is 0.476. The summed E-state index contributed by atoms with van der Waals surface area (Å²) in [7, 11) is 1.42. The van der Waals surface area contributed by atoms with Gasteiger partial charge in [-0.2, -0.15) is 9.94 Å². The number of ketones is 1. The highest BCUT2D eigenvalue weighted by molar-refractivity contribution is 6.45. The van der Waals surface area contributed by atoms with E-state index in [2.05, 4.69) is 36.8 Å². The number of aliphatic hydroxyl groups is 1. The van der Waals surface area contributed by atoms with Gasteiger partial charge in [0.2, 0.25) is 11.7 Å². The van der Waals surface area contributed by atoms with E-state index in [9.17, 15) is 29.5 Å². The van der Waals surface area contributed by atoms with Gasteiger partial charge < -0.3 is 49.3 Å². The predicted octanol–water partition coefficient (Wildman–Crippen LogP) is 2.40. The van der Waals surface area contributed by atoms with E-state index in [0.29, 0.717) is 95.0 Å². The number of hydrogen-bond donors (Lipinski definition) is 4. The van der Waals surface area contributed by atoms with Gasteiger partial charge in [-0.25, -0.2) is 9.97 Å². The van der Waals surface area contributed by atoms with Gasteiger partial charge in [-0.15, -0.1) is 5.10 Å². The molecule has 0 spiro atoms. The largest absolute Gasteiger partial charge is 0.494 e. The van der Waals surface area contributed by atoms with Crippen LogP contribution in [0, 0.1) is 11.3 Å². The van der Waals surface area contributed by atoms with E-state index in [1.807, 2.05) is 37.3 Å². The van der Waals surface area contributed by atoms with Crippen molar-refractivity contribution >= 4 is 40.0 Å². The Bertz CT molecular complexity index is 2140. The second kappa shape index (κ2) is 24.3. The van der Waals surface area contributed by atoms with Crippen LogP contribution in [0.4, 0.5) is 0 Å². The number of piperidine rings is 1. The Morgan fingerprint density at radius 1 is 0.967 bits per heavy atom. The van der Waals surface area contributed by atoms with Crippen LogP contribution in [0.15, 0.2) is 54.6 Å². The lowest BCUT2D eigenvalue weighted by atomic mass is 9.93. The summed E-state index contributed by atoms with van der Waals surface area (Å²) in [6.07, 6.45) is 6.03. The number of aromatic nitrogens is 5. The van der Waals surface area contributed by atoms with Crippen molar-refractivity contribution in [3.8, 4) is 17.6 Å². The maximum Gasteiger partial charge on any atom is 0.295 e. The lowest BCUT2D eigenvalue weighted by Crippen LogP contribution is -2.40. The molecule has 0 aliphatic carbocycles. The van der Waals surface area contributed by atoms with Crippen LogP contribution in [-0.4, -0.2) is 150 Å². The third kappa shape index (κ3) is 13.0. The molecule has 0 bridgehead atoms. The molecule has 1 atom stereocenters. The van der Waals surface area contributed by atoms with Crippen LogP contribution in [0.1, 0.15) is 65.6 Å². The van der Waals surface area contributed by atoms with Gasteiger partial charge in [0.05, 0.1) is 100 Å². The molecule has 1 aliphatic heterocycles. The number of likely N-dealkylation sites (tertiary alicyclic amines) is 1. The molecule has 326 valence electrons. The Kier molecular flexibility index (Phi) is 18.3. The summed E-state index contributed by atoms with van der Waals surface area (Å²) in [6.45, 7) is 6.13. The number of benzene rings is 1. The third-order valence-corrected chi connectivity index (χ3v) is 9.81. The summed E-state index contributed by atoms with van der Waals surface area (Å²) in [4.78, 5) is 65.6. The van der Waals surface area contributed by atoms with Crippen molar-refractivity contribution in [3.05, 3.63) is 71.6 Å². The fourth-order valence-corrected chi connectivity index (χ4v) is 6.61. The summed E-state index contributed by atoms with van der Waals surface area (Å²) in [5, 5.41) is 29.9. The minimum Gasteiger partial charge on any atom is -0.494 e. The number of nitrogens with one attached hydrogen (secondary N) is 3. The first-order valence-corrected chi connectivity index (χ1v) is 20.3. The molecule has 3 amide bonds. The first kappa shape index (κ1) is 46.0. The van der Waals surface area contributed by atoms with Crippen molar-refractivity contribution in [1.82, 2.24) is 40.3 Å². The third-order valence-electron chi connectivity index (χ3n) is 9.81. The predicted molar refractivity (Wildman–Crippen MR) is 221 cm³/mol. The second-order valence-electron chi connectivity index (χ2n) is 13.8. The number of aromatic amines is 1. The number of allylic oxidation sites excluding steroid dienone is 1. The van der Waals surface area contributed by atoms with E-state index in [4.69, 9.17) is 23.7 Å². The second-order valence-corrected chi connectivity index (χ2v) is 13.8. The van der Waals surface area contributed by atoms with Crippen LogP contribution in [0.2, 0.25) is 0 Å². The van der Waals surface area contributed by atoms with Crippen molar-refractivity contribution in [2.24, 2.45) is 0 Å². The van der Waals surface area contributed by atoms with Gasteiger partial charge in [-0.3, -0.25) is 19.2 Å². The van der Waals surface area contributed by atoms with E-state index < -0.39 is 23.6 Å². The Morgan fingerprint density at radius 2 is 1.66 bits per heavy atom. The van der Waals surface area contributed by atoms with Crippen LogP contribution in [0.25, 0.3) is 22.3 Å². The van der Waals surface area contributed by atoms with E-state index in [0.717, 1.165) is 11.1 Å². The zero-order valence-electron chi connectivity index (χ0n) is 34.5. The number of aliphatic hydroxyl groups excluding tert-OH is 1. The summed E-state index contributed by atoms with van der Waals surface area (Å²) >= 11 is 0. The summed E-state index contributed by atoms with van der Waals surface area (Å²) in [5.41, 5.74) is 2.74. The highest BCUT2D eigenvalue weighted by Gasteiger charge is 2.30. The van der Waals surface area contributed by atoms with Gasteiger partial charge in [0.1, 0.15) is 12.1 Å². The molecule has 19 heteroatoms. The molecule has 0 saturated carbocycles. The first-order valence-electron chi connectivity index (χ1n) is 20.3. The molecule has 4 aromatic rings. The van der Waals surface area contributed by atoms with Crippen molar-refractivity contribution < 1.29 is 48.0 Å². The van der Waals surface area contributed by atoms with Gasteiger partial charge in [-0.1, -0.05) is 30.3 Å². The highest BCUT2D eigenvalue weighted by Crippen LogP contribution is 2.32. The molecule has 61 heavy (non-hydrogen) atoms. The number of H-pyrrole nitrogens is 1. The first-order chi connectivity index (χ1) is 29.8. The number of carbonyl (C=O) groups is 4. The monoisotopic (exact) mass is 843 g/mol. The Hall–Kier alpha value is -6.04. The molecule has 1 aliphatic rings. The molecule has 1 aromatic carbocycles. The number of rotatable bonds is 25. The molecule has 1 fully saturated rings. The van der Waals surface area contributed by atoms with E-state index >= 15 is 0 Å². The maximum atomic E-state index is 13.7. The molecule has 0 radical (unpaired) electrons. The number of nitriles is 1. The van der Waals surface area contributed by atoms with Crippen molar-refractivity contribution in [2.75, 3.05) is 86.2 Å².